The average Bonchev–Trinajstić information content (AvgIpc) is 2.29. The smallest absolute Gasteiger partial charge is 0.313 e. The van der Waals surface area contributed by atoms with Crippen LogP contribution in [0.5, 0.6) is 0 Å². The number of alkyl halides is 6. The SMILES string of the molecule is CC(C)(C)OC(=O)C(C)(CC(Cl)(Cl)Cl)C(C)(CC(Cl)(Cl)Cl)C(=O)OC(C)(C)C. The van der Waals surface area contributed by atoms with E-state index in [-0.39, 0.29) is 12.8 Å². The Morgan fingerprint density at radius 3 is 0.929 bits per heavy atom. The molecule has 0 rings (SSSR count). The minimum absolute atomic E-state index is 0.365. The van der Waals surface area contributed by atoms with E-state index in [0.717, 1.165) is 0 Å². The molecule has 2 atom stereocenters. The molecule has 0 spiro atoms. The van der Waals surface area contributed by atoms with E-state index < -0.39 is 41.6 Å². The normalized spacial score (nSPS) is 18.1. The second kappa shape index (κ2) is 9.04. The number of esters is 2. The maximum atomic E-state index is 13.2. The molecule has 0 N–H and O–H groups in total. The van der Waals surface area contributed by atoms with Crippen LogP contribution in [-0.4, -0.2) is 30.7 Å². The summed E-state index contributed by atoms with van der Waals surface area (Å²) in [4.78, 5) is 26.5. The molecule has 0 saturated carbocycles. The number of halogens is 6. The van der Waals surface area contributed by atoms with Gasteiger partial charge in [-0.2, -0.15) is 0 Å². The van der Waals surface area contributed by atoms with Crippen LogP contribution in [0.2, 0.25) is 0 Å². The predicted molar refractivity (Wildman–Crippen MR) is 118 cm³/mol. The van der Waals surface area contributed by atoms with Crippen molar-refractivity contribution in [3.8, 4) is 0 Å². The van der Waals surface area contributed by atoms with Gasteiger partial charge in [0.05, 0.1) is 10.8 Å². The summed E-state index contributed by atoms with van der Waals surface area (Å²) >= 11 is 36.1. The quantitative estimate of drug-likeness (QED) is 0.284. The van der Waals surface area contributed by atoms with Crippen molar-refractivity contribution in [2.45, 2.75) is 87.0 Å². The number of ether oxygens (including phenoxy) is 2. The first-order chi connectivity index (χ1) is 11.9. The summed E-state index contributed by atoms with van der Waals surface area (Å²) in [5.41, 5.74) is -5.09. The zero-order chi connectivity index (χ0) is 23.0. The first-order valence-electron chi connectivity index (χ1n) is 8.52. The fraction of sp³-hybridized carbons (Fsp3) is 0.889. The van der Waals surface area contributed by atoms with E-state index in [9.17, 15) is 9.59 Å². The van der Waals surface area contributed by atoms with Crippen molar-refractivity contribution < 1.29 is 19.1 Å². The van der Waals surface area contributed by atoms with Crippen molar-refractivity contribution in [3.63, 3.8) is 0 Å². The van der Waals surface area contributed by atoms with E-state index in [4.69, 9.17) is 79.1 Å². The molecule has 0 aliphatic carbocycles. The van der Waals surface area contributed by atoms with Gasteiger partial charge in [0.2, 0.25) is 0 Å². The Morgan fingerprint density at radius 2 is 0.786 bits per heavy atom. The van der Waals surface area contributed by atoms with Crippen molar-refractivity contribution in [2.24, 2.45) is 10.8 Å². The summed E-state index contributed by atoms with van der Waals surface area (Å²) in [5, 5.41) is 0. The topological polar surface area (TPSA) is 52.6 Å². The summed E-state index contributed by atoms with van der Waals surface area (Å²) in [6.45, 7) is 13.0. The van der Waals surface area contributed by atoms with Crippen LogP contribution in [-0.2, 0) is 19.1 Å². The van der Waals surface area contributed by atoms with Gasteiger partial charge in [0.15, 0.2) is 7.59 Å². The molecule has 0 amide bonds. The summed E-state index contributed by atoms with van der Waals surface area (Å²) in [5.74, 6) is -1.54. The van der Waals surface area contributed by atoms with Crippen molar-refractivity contribution in [3.05, 3.63) is 0 Å². The average molecular weight is 521 g/mol. The first kappa shape index (κ1) is 28.7. The van der Waals surface area contributed by atoms with Gasteiger partial charge in [0, 0.05) is 12.8 Å². The van der Waals surface area contributed by atoms with Crippen LogP contribution < -0.4 is 0 Å². The van der Waals surface area contributed by atoms with Crippen LogP contribution in [0.15, 0.2) is 0 Å². The number of hydrogen-bond donors (Lipinski definition) is 0. The van der Waals surface area contributed by atoms with Gasteiger partial charge in [0.1, 0.15) is 11.2 Å². The van der Waals surface area contributed by atoms with Crippen molar-refractivity contribution in [2.75, 3.05) is 0 Å². The summed E-state index contributed by atoms with van der Waals surface area (Å²) in [6, 6.07) is 0. The molecule has 4 nitrogen and oxygen atoms in total. The molecule has 166 valence electrons. The molecular weight excluding hydrogens is 493 g/mol. The van der Waals surface area contributed by atoms with Crippen molar-refractivity contribution in [1.82, 2.24) is 0 Å². The molecule has 0 aromatic carbocycles. The van der Waals surface area contributed by atoms with E-state index in [1.54, 1.807) is 41.5 Å². The van der Waals surface area contributed by atoms with Crippen LogP contribution in [0.1, 0.15) is 68.2 Å². The highest BCUT2D eigenvalue weighted by atomic mass is 35.6. The van der Waals surface area contributed by atoms with Gasteiger partial charge in [-0.1, -0.05) is 69.6 Å². The molecule has 0 aliphatic heterocycles. The number of carbonyl (C=O) groups excluding carboxylic acids is 2. The van der Waals surface area contributed by atoms with Gasteiger partial charge in [-0.15, -0.1) is 0 Å². The van der Waals surface area contributed by atoms with Gasteiger partial charge >= 0.3 is 11.9 Å². The molecule has 10 heteroatoms. The monoisotopic (exact) mass is 518 g/mol. The molecule has 28 heavy (non-hydrogen) atoms. The highest BCUT2D eigenvalue weighted by Crippen LogP contribution is 2.56. The summed E-state index contributed by atoms with van der Waals surface area (Å²) < 4.78 is 7.30. The van der Waals surface area contributed by atoms with Crippen molar-refractivity contribution >= 4 is 81.5 Å². The van der Waals surface area contributed by atoms with Crippen molar-refractivity contribution in [1.29, 1.82) is 0 Å². The minimum atomic E-state index is -1.89. The Hall–Kier alpha value is 0.680. The summed E-state index contributed by atoms with van der Waals surface area (Å²) in [6.07, 6.45) is -0.730. The Balaban J connectivity index is 6.59. The molecule has 0 saturated heterocycles. The lowest BCUT2D eigenvalue weighted by Gasteiger charge is -2.46. The Labute approximate surface area is 197 Å². The van der Waals surface area contributed by atoms with Gasteiger partial charge in [-0.25, -0.2) is 0 Å². The molecule has 0 heterocycles. The highest BCUT2D eigenvalue weighted by Gasteiger charge is 2.62. The standard InChI is InChI=1S/C18H28Cl6O4/c1-13(2,3)27-11(25)15(7,9-17(19,20)21)16(8,10-18(22,23)24)12(26)28-14(4,5)6/h9-10H2,1-8H3. The van der Waals surface area contributed by atoms with E-state index in [1.807, 2.05) is 0 Å². The van der Waals surface area contributed by atoms with Crippen LogP contribution in [0.3, 0.4) is 0 Å². The van der Waals surface area contributed by atoms with Gasteiger partial charge in [0.25, 0.3) is 0 Å². The second-order valence-corrected chi connectivity index (χ2v) is 14.3. The molecular formula is C18H28Cl6O4. The number of carbonyl (C=O) groups is 2. The fourth-order valence-electron chi connectivity index (χ4n) is 2.57. The number of rotatable bonds is 5. The molecule has 2 unspecified atom stereocenters. The molecule has 0 aromatic rings. The van der Waals surface area contributed by atoms with Gasteiger partial charge < -0.3 is 9.47 Å². The fourth-order valence-corrected chi connectivity index (χ4v) is 4.17. The first-order valence-corrected chi connectivity index (χ1v) is 10.8. The van der Waals surface area contributed by atoms with Crippen LogP contribution >= 0.6 is 69.6 Å². The lowest BCUT2D eigenvalue weighted by molar-refractivity contribution is -0.193. The maximum Gasteiger partial charge on any atom is 0.313 e. The van der Waals surface area contributed by atoms with Crippen LogP contribution in [0.25, 0.3) is 0 Å². The third-order valence-corrected chi connectivity index (χ3v) is 4.83. The lowest BCUT2D eigenvalue weighted by atomic mass is 9.62. The zero-order valence-electron chi connectivity index (χ0n) is 17.3. The molecule has 0 fully saturated rings. The summed E-state index contributed by atoms with van der Waals surface area (Å²) in [7, 11) is 0. The molecule has 0 aromatic heterocycles. The van der Waals surface area contributed by atoms with Gasteiger partial charge in [-0.3, -0.25) is 9.59 Å². The van der Waals surface area contributed by atoms with E-state index in [0.29, 0.717) is 0 Å². The highest BCUT2D eigenvalue weighted by molar-refractivity contribution is 6.68. The predicted octanol–water partition coefficient (Wildman–Crippen LogP) is 7.20. The van der Waals surface area contributed by atoms with E-state index >= 15 is 0 Å². The zero-order valence-corrected chi connectivity index (χ0v) is 21.9. The maximum absolute atomic E-state index is 13.2. The van der Waals surface area contributed by atoms with E-state index in [1.165, 1.54) is 13.8 Å². The molecule has 0 radical (unpaired) electrons. The third kappa shape index (κ3) is 9.22. The second-order valence-electron chi connectivity index (χ2n) is 9.25. The largest absolute Gasteiger partial charge is 0.460 e. The third-order valence-electron chi connectivity index (χ3n) is 4.02. The van der Waals surface area contributed by atoms with Crippen LogP contribution in [0.4, 0.5) is 0 Å². The molecule has 0 bridgehead atoms. The van der Waals surface area contributed by atoms with Gasteiger partial charge in [-0.05, 0) is 55.4 Å². The van der Waals surface area contributed by atoms with E-state index in [2.05, 4.69) is 0 Å². The Kier molecular flexibility index (Phi) is 9.26. The lowest BCUT2D eigenvalue weighted by Crippen LogP contribution is -2.55. The minimum Gasteiger partial charge on any atom is -0.460 e. The Morgan fingerprint density at radius 1 is 0.571 bits per heavy atom. The molecule has 0 aliphatic rings. The Bertz CT molecular complexity index is 531. The number of hydrogen-bond acceptors (Lipinski definition) is 4. The van der Waals surface area contributed by atoms with Crippen LogP contribution in [0, 0.1) is 10.8 Å².